The fraction of sp³-hybridized carbons (Fsp3) is 0.105. The van der Waals surface area contributed by atoms with E-state index in [1.54, 1.807) is 18.5 Å². The molecule has 0 radical (unpaired) electrons. The van der Waals surface area contributed by atoms with Gasteiger partial charge in [0.1, 0.15) is 5.75 Å². The highest BCUT2D eigenvalue weighted by Gasteiger charge is 2.17. The molecule has 9 nitrogen and oxygen atoms in total. The van der Waals surface area contributed by atoms with Crippen molar-refractivity contribution in [2.45, 2.75) is 6.92 Å². The molecule has 0 aliphatic carbocycles. The second-order valence-electron chi connectivity index (χ2n) is 6.20. The van der Waals surface area contributed by atoms with Gasteiger partial charge in [-0.1, -0.05) is 12.1 Å². The minimum Gasteiger partial charge on any atom is -0.497 e. The van der Waals surface area contributed by atoms with Crippen LogP contribution in [-0.4, -0.2) is 32.5 Å². The number of rotatable bonds is 5. The number of carbonyl (C=O) groups is 1. The van der Waals surface area contributed by atoms with Crippen LogP contribution in [0.5, 0.6) is 5.75 Å². The van der Waals surface area contributed by atoms with E-state index in [1.165, 1.54) is 29.5 Å². The number of anilines is 1. The molecule has 2 heterocycles. The number of nitro benzene ring substituents is 1. The molecule has 0 saturated carbocycles. The molecule has 1 amide bonds. The van der Waals surface area contributed by atoms with E-state index in [4.69, 9.17) is 4.74 Å². The first kappa shape index (κ1) is 18.6. The summed E-state index contributed by atoms with van der Waals surface area (Å²) in [6, 6.07) is 11.7. The SMILES string of the molecule is COc1cccc(-c2csc3nc(NC(=O)c4ccc([N+](=O)[O-])c(C)c4)nn23)c1. The Hall–Kier alpha value is -3.79. The fourth-order valence-electron chi connectivity index (χ4n) is 2.89. The van der Waals surface area contributed by atoms with Crippen molar-refractivity contribution >= 4 is 33.8 Å². The standard InChI is InChI=1S/C19H15N5O4S/c1-11-8-13(6-7-15(11)24(26)27)17(25)20-18-21-19-23(22-18)16(10-29-19)12-4-3-5-14(9-12)28-2/h3-10H,1-2H3,(H,20,22,25). The highest BCUT2D eigenvalue weighted by atomic mass is 32.1. The molecule has 2 aromatic carbocycles. The van der Waals surface area contributed by atoms with Gasteiger partial charge in [0.15, 0.2) is 0 Å². The van der Waals surface area contributed by atoms with Crippen molar-refractivity contribution in [3.63, 3.8) is 0 Å². The van der Waals surface area contributed by atoms with Gasteiger partial charge >= 0.3 is 0 Å². The Labute approximate surface area is 168 Å². The van der Waals surface area contributed by atoms with E-state index < -0.39 is 10.8 Å². The number of fused-ring (bicyclic) bond motifs is 1. The molecule has 0 unspecified atom stereocenters. The van der Waals surface area contributed by atoms with E-state index in [1.807, 2.05) is 29.6 Å². The first-order valence-electron chi connectivity index (χ1n) is 8.51. The van der Waals surface area contributed by atoms with Crippen LogP contribution in [-0.2, 0) is 0 Å². The number of carbonyl (C=O) groups excluding carboxylic acids is 1. The predicted molar refractivity (Wildman–Crippen MR) is 109 cm³/mol. The molecular weight excluding hydrogens is 394 g/mol. The van der Waals surface area contributed by atoms with Gasteiger partial charge in [-0.15, -0.1) is 16.4 Å². The van der Waals surface area contributed by atoms with E-state index >= 15 is 0 Å². The van der Waals surface area contributed by atoms with Gasteiger partial charge in [0.05, 0.1) is 17.7 Å². The minimum absolute atomic E-state index is 0.0369. The van der Waals surface area contributed by atoms with Crippen molar-refractivity contribution in [3.05, 3.63) is 69.1 Å². The predicted octanol–water partition coefficient (Wildman–Crippen LogP) is 3.94. The van der Waals surface area contributed by atoms with Crippen LogP contribution < -0.4 is 10.1 Å². The molecule has 1 N–H and O–H groups in total. The van der Waals surface area contributed by atoms with Crippen LogP contribution >= 0.6 is 11.3 Å². The molecule has 29 heavy (non-hydrogen) atoms. The average Bonchev–Trinajstić information content (AvgIpc) is 3.27. The van der Waals surface area contributed by atoms with Crippen molar-refractivity contribution in [2.24, 2.45) is 0 Å². The molecule has 0 saturated heterocycles. The van der Waals surface area contributed by atoms with Crippen LogP contribution in [0.25, 0.3) is 16.2 Å². The Kier molecular flexibility index (Phi) is 4.69. The van der Waals surface area contributed by atoms with Gasteiger partial charge in [-0.25, -0.2) is 4.52 Å². The van der Waals surface area contributed by atoms with Gasteiger partial charge in [-0.2, -0.15) is 4.98 Å². The molecule has 0 aliphatic rings. The smallest absolute Gasteiger partial charge is 0.272 e. The summed E-state index contributed by atoms with van der Waals surface area (Å²) >= 11 is 1.40. The number of aryl methyl sites for hydroxylation is 1. The Balaban J connectivity index is 1.61. The maximum absolute atomic E-state index is 12.5. The van der Waals surface area contributed by atoms with Crippen molar-refractivity contribution in [2.75, 3.05) is 12.4 Å². The number of aromatic nitrogens is 3. The Morgan fingerprint density at radius 2 is 2.10 bits per heavy atom. The summed E-state index contributed by atoms with van der Waals surface area (Å²) in [7, 11) is 1.60. The van der Waals surface area contributed by atoms with Crippen LogP contribution in [0, 0.1) is 17.0 Å². The van der Waals surface area contributed by atoms with Crippen molar-refractivity contribution in [3.8, 4) is 17.0 Å². The second kappa shape index (κ2) is 7.32. The van der Waals surface area contributed by atoms with Crippen LogP contribution in [0.3, 0.4) is 0 Å². The van der Waals surface area contributed by atoms with E-state index in [-0.39, 0.29) is 11.6 Å². The minimum atomic E-state index is -0.484. The lowest BCUT2D eigenvalue weighted by Crippen LogP contribution is -2.13. The third-order valence-corrected chi connectivity index (χ3v) is 5.14. The van der Waals surface area contributed by atoms with Crippen LogP contribution in [0.4, 0.5) is 11.6 Å². The summed E-state index contributed by atoms with van der Waals surface area (Å²) in [5, 5.41) is 19.9. The number of amides is 1. The monoisotopic (exact) mass is 409 g/mol. The second-order valence-corrected chi connectivity index (χ2v) is 7.03. The van der Waals surface area contributed by atoms with E-state index in [9.17, 15) is 14.9 Å². The van der Waals surface area contributed by atoms with Gasteiger partial charge in [-0.3, -0.25) is 20.2 Å². The number of benzene rings is 2. The number of hydrogen-bond donors (Lipinski definition) is 1. The number of hydrogen-bond acceptors (Lipinski definition) is 7. The first-order chi connectivity index (χ1) is 14.0. The number of nitrogens with one attached hydrogen (secondary N) is 1. The topological polar surface area (TPSA) is 112 Å². The lowest BCUT2D eigenvalue weighted by Gasteiger charge is -2.04. The molecule has 0 aliphatic heterocycles. The number of methoxy groups -OCH3 is 1. The Bertz CT molecular complexity index is 1250. The van der Waals surface area contributed by atoms with Gasteiger partial charge < -0.3 is 4.74 Å². The molecule has 0 bridgehead atoms. The van der Waals surface area contributed by atoms with Crippen molar-refractivity contribution < 1.29 is 14.5 Å². The maximum Gasteiger partial charge on any atom is 0.272 e. The summed E-state index contributed by atoms with van der Waals surface area (Å²) in [6.07, 6.45) is 0. The summed E-state index contributed by atoms with van der Waals surface area (Å²) in [5.41, 5.74) is 2.39. The molecule has 4 aromatic rings. The van der Waals surface area contributed by atoms with E-state index in [2.05, 4.69) is 15.4 Å². The normalized spacial score (nSPS) is 10.8. The zero-order valence-corrected chi connectivity index (χ0v) is 16.3. The first-order valence-corrected chi connectivity index (χ1v) is 9.39. The molecule has 0 fully saturated rings. The third kappa shape index (κ3) is 3.52. The summed E-state index contributed by atoms with van der Waals surface area (Å²) in [6.45, 7) is 1.58. The van der Waals surface area contributed by atoms with Crippen LogP contribution in [0.1, 0.15) is 15.9 Å². The Morgan fingerprint density at radius 1 is 1.28 bits per heavy atom. The average molecular weight is 409 g/mol. The summed E-state index contributed by atoms with van der Waals surface area (Å²) in [5.74, 6) is 0.440. The summed E-state index contributed by atoms with van der Waals surface area (Å²) in [4.78, 5) is 27.9. The molecule has 2 aromatic heterocycles. The zero-order valence-electron chi connectivity index (χ0n) is 15.4. The lowest BCUT2D eigenvalue weighted by molar-refractivity contribution is -0.385. The van der Waals surface area contributed by atoms with Gasteiger partial charge in [0, 0.05) is 28.1 Å². The molecule has 10 heteroatoms. The van der Waals surface area contributed by atoms with E-state index in [0.29, 0.717) is 16.1 Å². The Morgan fingerprint density at radius 3 is 2.83 bits per heavy atom. The highest BCUT2D eigenvalue weighted by Crippen LogP contribution is 2.28. The molecule has 0 atom stereocenters. The van der Waals surface area contributed by atoms with Gasteiger partial charge in [-0.05, 0) is 31.2 Å². The van der Waals surface area contributed by atoms with E-state index in [0.717, 1.165) is 17.0 Å². The quantitative estimate of drug-likeness (QED) is 0.395. The molecule has 0 spiro atoms. The molecular formula is C19H15N5O4S. The zero-order chi connectivity index (χ0) is 20.5. The van der Waals surface area contributed by atoms with Crippen LogP contribution in [0.15, 0.2) is 47.8 Å². The van der Waals surface area contributed by atoms with Gasteiger partial charge in [0.2, 0.25) is 4.96 Å². The molecule has 146 valence electrons. The number of ether oxygens (including phenoxy) is 1. The number of nitrogens with zero attached hydrogens (tertiary/aromatic N) is 4. The molecule has 4 rings (SSSR count). The fourth-order valence-corrected chi connectivity index (χ4v) is 3.72. The summed E-state index contributed by atoms with van der Waals surface area (Å²) < 4.78 is 6.91. The lowest BCUT2D eigenvalue weighted by atomic mass is 10.1. The number of nitro groups is 1. The largest absolute Gasteiger partial charge is 0.497 e. The maximum atomic E-state index is 12.5. The number of thiazole rings is 1. The van der Waals surface area contributed by atoms with Crippen molar-refractivity contribution in [1.82, 2.24) is 14.6 Å². The van der Waals surface area contributed by atoms with Crippen molar-refractivity contribution in [1.29, 1.82) is 0 Å². The third-order valence-electron chi connectivity index (χ3n) is 4.33. The van der Waals surface area contributed by atoms with Crippen LogP contribution in [0.2, 0.25) is 0 Å². The van der Waals surface area contributed by atoms with Gasteiger partial charge in [0.25, 0.3) is 17.5 Å². The highest BCUT2D eigenvalue weighted by molar-refractivity contribution is 7.15.